The van der Waals surface area contributed by atoms with Gasteiger partial charge < -0.3 is 10.4 Å². The summed E-state index contributed by atoms with van der Waals surface area (Å²) in [6, 6.07) is 15.4. The van der Waals surface area contributed by atoms with Crippen molar-refractivity contribution in [3.63, 3.8) is 0 Å². The van der Waals surface area contributed by atoms with E-state index in [0.717, 1.165) is 5.56 Å². The second kappa shape index (κ2) is 5.89. The summed E-state index contributed by atoms with van der Waals surface area (Å²) in [4.78, 5) is 25.7. The number of carbonyl (C=O) groups is 2. The molecule has 0 bridgehead atoms. The first-order valence-corrected chi connectivity index (χ1v) is 7.08. The Bertz CT molecular complexity index is 700. The first kappa shape index (κ1) is 14.1. The number of rotatable bonds is 4. The molecule has 3 rings (SSSR count). The Morgan fingerprint density at radius 2 is 1.73 bits per heavy atom. The van der Waals surface area contributed by atoms with E-state index in [4.69, 9.17) is 0 Å². The number of nitrogens with zero attached hydrogens (tertiary/aromatic N) is 1. The fourth-order valence-corrected chi connectivity index (χ4v) is 2.51. The summed E-state index contributed by atoms with van der Waals surface area (Å²) in [6.07, 6.45) is 0.0972. The van der Waals surface area contributed by atoms with Crippen LogP contribution in [0.4, 0.5) is 5.69 Å². The smallest absolute Gasteiger partial charge is 0.252 e. The predicted molar refractivity (Wildman–Crippen MR) is 82.1 cm³/mol. The summed E-state index contributed by atoms with van der Waals surface area (Å²) in [5, 5.41) is 12.7. The van der Waals surface area contributed by atoms with E-state index >= 15 is 0 Å². The van der Waals surface area contributed by atoms with Crippen LogP contribution in [0.3, 0.4) is 0 Å². The Labute approximate surface area is 128 Å². The van der Waals surface area contributed by atoms with Gasteiger partial charge in [-0.25, -0.2) is 0 Å². The maximum atomic E-state index is 12.4. The van der Waals surface area contributed by atoms with Gasteiger partial charge >= 0.3 is 0 Å². The molecule has 5 heteroatoms. The molecule has 5 nitrogen and oxygen atoms in total. The molecule has 2 aromatic rings. The topological polar surface area (TPSA) is 69.6 Å². The third-order valence-electron chi connectivity index (χ3n) is 3.66. The van der Waals surface area contributed by atoms with Gasteiger partial charge in [0.05, 0.1) is 18.7 Å². The number of anilines is 1. The highest BCUT2D eigenvalue weighted by Gasteiger charge is 2.38. The normalized spacial score (nSPS) is 17.8. The summed E-state index contributed by atoms with van der Waals surface area (Å²) >= 11 is 0. The van der Waals surface area contributed by atoms with Crippen molar-refractivity contribution < 1.29 is 14.7 Å². The number of phenolic OH excluding ortho intramolecular Hbond substituents is 1. The molecule has 2 N–H and O–H groups in total. The van der Waals surface area contributed by atoms with Gasteiger partial charge in [0.1, 0.15) is 11.8 Å². The fraction of sp³-hybridized carbons (Fsp3) is 0.176. The summed E-state index contributed by atoms with van der Waals surface area (Å²) in [5.74, 6) is -0.414. The summed E-state index contributed by atoms with van der Waals surface area (Å²) in [6.45, 7) is 0.275. The minimum atomic E-state index is -0.635. The Kier molecular flexibility index (Phi) is 3.78. The maximum absolute atomic E-state index is 12.4. The molecule has 0 saturated carbocycles. The Balaban J connectivity index is 1.73. The number of hydrogen-bond donors (Lipinski definition) is 2. The number of amides is 2. The van der Waals surface area contributed by atoms with Crippen molar-refractivity contribution in [2.75, 3.05) is 5.32 Å². The molecule has 0 aromatic heterocycles. The van der Waals surface area contributed by atoms with Crippen LogP contribution in [-0.4, -0.2) is 27.9 Å². The highest BCUT2D eigenvalue weighted by molar-refractivity contribution is 6.06. The van der Waals surface area contributed by atoms with Crippen LogP contribution in [0.25, 0.3) is 0 Å². The molecule has 22 heavy (non-hydrogen) atoms. The lowest BCUT2D eigenvalue weighted by molar-refractivity contribution is -0.139. The molecule has 1 atom stereocenters. The Hall–Kier alpha value is -2.82. The lowest BCUT2D eigenvalue weighted by Crippen LogP contribution is -2.34. The van der Waals surface area contributed by atoms with Gasteiger partial charge in [-0.1, -0.05) is 42.5 Å². The summed E-state index contributed by atoms with van der Waals surface area (Å²) in [7, 11) is 0. The molecule has 1 saturated heterocycles. The number of aromatic hydroxyl groups is 1. The van der Waals surface area contributed by atoms with Gasteiger partial charge in [-0.15, -0.1) is 0 Å². The minimum absolute atomic E-state index is 0.0595. The van der Waals surface area contributed by atoms with Gasteiger partial charge in [-0.3, -0.25) is 14.5 Å². The first-order valence-electron chi connectivity index (χ1n) is 7.08. The molecule has 1 fully saturated rings. The molecule has 2 amide bonds. The van der Waals surface area contributed by atoms with Crippen LogP contribution >= 0.6 is 0 Å². The van der Waals surface area contributed by atoms with Crippen LogP contribution in [0.2, 0.25) is 0 Å². The largest absolute Gasteiger partial charge is 0.506 e. The van der Waals surface area contributed by atoms with E-state index < -0.39 is 6.04 Å². The summed E-state index contributed by atoms with van der Waals surface area (Å²) in [5.41, 5.74) is 1.36. The highest BCUT2D eigenvalue weighted by Crippen LogP contribution is 2.26. The van der Waals surface area contributed by atoms with E-state index in [1.54, 1.807) is 18.2 Å². The van der Waals surface area contributed by atoms with E-state index in [1.165, 1.54) is 11.0 Å². The number of phenols is 1. The predicted octanol–water partition coefficient (Wildman–Crippen LogP) is 2.13. The second-order valence-corrected chi connectivity index (χ2v) is 5.22. The number of para-hydroxylation sites is 2. The molecule has 0 spiro atoms. The van der Waals surface area contributed by atoms with Crippen LogP contribution in [0.5, 0.6) is 5.75 Å². The zero-order valence-corrected chi connectivity index (χ0v) is 11.9. The molecular formula is C17H16N2O3. The van der Waals surface area contributed by atoms with Crippen LogP contribution < -0.4 is 5.32 Å². The molecule has 0 aliphatic carbocycles. The van der Waals surface area contributed by atoms with Crippen LogP contribution in [0.15, 0.2) is 54.6 Å². The van der Waals surface area contributed by atoms with Crippen molar-refractivity contribution in [3.05, 3.63) is 60.2 Å². The van der Waals surface area contributed by atoms with E-state index in [0.29, 0.717) is 5.69 Å². The summed E-state index contributed by atoms with van der Waals surface area (Å²) < 4.78 is 0. The van der Waals surface area contributed by atoms with E-state index in [1.807, 2.05) is 30.3 Å². The lowest BCUT2D eigenvalue weighted by atomic mass is 10.2. The molecule has 2 aromatic carbocycles. The average molecular weight is 296 g/mol. The van der Waals surface area contributed by atoms with Crippen molar-refractivity contribution in [1.29, 1.82) is 0 Å². The Morgan fingerprint density at radius 3 is 2.45 bits per heavy atom. The molecular weight excluding hydrogens is 280 g/mol. The monoisotopic (exact) mass is 296 g/mol. The highest BCUT2D eigenvalue weighted by atomic mass is 16.3. The van der Waals surface area contributed by atoms with Crippen LogP contribution in [-0.2, 0) is 16.1 Å². The third kappa shape index (κ3) is 2.79. The van der Waals surface area contributed by atoms with Gasteiger partial charge in [0.2, 0.25) is 5.91 Å². The lowest BCUT2D eigenvalue weighted by Gasteiger charge is -2.16. The fourth-order valence-electron chi connectivity index (χ4n) is 2.51. The van der Waals surface area contributed by atoms with Gasteiger partial charge in [0.15, 0.2) is 0 Å². The third-order valence-corrected chi connectivity index (χ3v) is 3.66. The minimum Gasteiger partial charge on any atom is -0.506 e. The van der Waals surface area contributed by atoms with E-state index in [2.05, 4.69) is 5.32 Å². The van der Waals surface area contributed by atoms with Crippen molar-refractivity contribution in [1.82, 2.24) is 4.90 Å². The molecule has 1 aliphatic heterocycles. The van der Waals surface area contributed by atoms with Crippen molar-refractivity contribution in [3.8, 4) is 5.75 Å². The van der Waals surface area contributed by atoms with E-state index in [-0.39, 0.29) is 30.5 Å². The standard InChI is InChI=1S/C17H16N2O3/c20-15-9-5-4-8-13(15)18-14-10-16(21)19(17(14)22)11-12-6-2-1-3-7-12/h1-9,14,18,20H,10-11H2. The molecule has 1 heterocycles. The number of imide groups is 1. The van der Waals surface area contributed by atoms with Gasteiger partial charge in [-0.2, -0.15) is 0 Å². The zero-order valence-electron chi connectivity index (χ0n) is 11.9. The number of benzene rings is 2. The van der Waals surface area contributed by atoms with Crippen molar-refractivity contribution >= 4 is 17.5 Å². The number of hydrogen-bond acceptors (Lipinski definition) is 4. The number of carbonyl (C=O) groups excluding carboxylic acids is 2. The van der Waals surface area contributed by atoms with Gasteiger partial charge in [0.25, 0.3) is 5.91 Å². The second-order valence-electron chi connectivity index (χ2n) is 5.22. The number of nitrogens with one attached hydrogen (secondary N) is 1. The van der Waals surface area contributed by atoms with Crippen LogP contribution in [0.1, 0.15) is 12.0 Å². The first-order chi connectivity index (χ1) is 10.6. The van der Waals surface area contributed by atoms with Gasteiger partial charge in [0, 0.05) is 0 Å². The van der Waals surface area contributed by atoms with Crippen molar-refractivity contribution in [2.24, 2.45) is 0 Å². The molecule has 1 aliphatic rings. The van der Waals surface area contributed by atoms with Crippen molar-refractivity contribution in [2.45, 2.75) is 19.0 Å². The van der Waals surface area contributed by atoms with Gasteiger partial charge in [-0.05, 0) is 17.7 Å². The molecule has 112 valence electrons. The average Bonchev–Trinajstić information content (AvgIpc) is 2.78. The zero-order chi connectivity index (χ0) is 15.5. The quantitative estimate of drug-likeness (QED) is 0.670. The van der Waals surface area contributed by atoms with Crippen LogP contribution in [0, 0.1) is 0 Å². The maximum Gasteiger partial charge on any atom is 0.252 e. The number of likely N-dealkylation sites (tertiary alicyclic amines) is 1. The van der Waals surface area contributed by atoms with E-state index in [9.17, 15) is 14.7 Å². The Morgan fingerprint density at radius 1 is 1.05 bits per heavy atom. The molecule has 0 radical (unpaired) electrons. The SMILES string of the molecule is O=C1CC(Nc2ccccc2O)C(=O)N1Cc1ccccc1. The molecule has 1 unspecified atom stereocenters.